The minimum atomic E-state index is -3.82. The smallest absolute Gasteiger partial charge is 0.251 e. The molecular weight excluding hydrogens is 400 g/mol. The van der Waals surface area contributed by atoms with E-state index in [2.05, 4.69) is 17.0 Å². The lowest BCUT2D eigenvalue weighted by molar-refractivity contribution is 0.0950. The summed E-state index contributed by atoms with van der Waals surface area (Å²) < 4.78 is 34.3. The van der Waals surface area contributed by atoms with Crippen LogP contribution < -0.4 is 14.8 Å². The largest absolute Gasteiger partial charge is 0.495 e. The van der Waals surface area contributed by atoms with Gasteiger partial charge in [0.15, 0.2) is 0 Å². The Labute approximate surface area is 179 Å². The molecule has 2 N–H and O–H groups in total. The molecule has 0 aromatic heterocycles. The van der Waals surface area contributed by atoms with E-state index in [9.17, 15) is 13.2 Å². The minimum Gasteiger partial charge on any atom is -0.495 e. The third kappa shape index (κ3) is 5.40. The topological polar surface area (TPSA) is 84.5 Å². The molecule has 2 atom stereocenters. The van der Waals surface area contributed by atoms with Gasteiger partial charge in [0, 0.05) is 18.2 Å². The van der Waals surface area contributed by atoms with Crippen LogP contribution in [0.25, 0.3) is 0 Å². The number of rotatable bonds is 7. The number of hydrogen-bond acceptors (Lipinski definition) is 4. The number of hydrogen-bond donors (Lipinski definition) is 2. The molecule has 0 radical (unpaired) electrons. The van der Waals surface area contributed by atoms with Crippen molar-refractivity contribution in [3.63, 3.8) is 0 Å². The van der Waals surface area contributed by atoms with Crippen LogP contribution in [0.1, 0.15) is 54.1 Å². The van der Waals surface area contributed by atoms with Crippen molar-refractivity contribution >= 4 is 15.9 Å². The van der Waals surface area contributed by atoms with Crippen molar-refractivity contribution in [1.29, 1.82) is 0 Å². The first kappa shape index (κ1) is 22.3. The molecule has 162 valence electrons. The van der Waals surface area contributed by atoms with E-state index in [4.69, 9.17) is 4.74 Å². The molecule has 7 heteroatoms. The van der Waals surface area contributed by atoms with Crippen molar-refractivity contribution in [2.45, 2.75) is 57.0 Å². The molecule has 0 spiro atoms. The van der Waals surface area contributed by atoms with Gasteiger partial charge in [-0.1, -0.05) is 49.6 Å². The van der Waals surface area contributed by atoms with Crippen LogP contribution in [-0.4, -0.2) is 27.5 Å². The fraction of sp³-hybridized carbons (Fsp3) is 0.435. The molecule has 2 aromatic rings. The summed E-state index contributed by atoms with van der Waals surface area (Å²) in [5.41, 5.74) is 2.40. The molecule has 0 heterocycles. The summed E-state index contributed by atoms with van der Waals surface area (Å²) in [7, 11) is -2.39. The molecule has 1 saturated carbocycles. The Bertz CT molecular complexity index is 987. The molecule has 30 heavy (non-hydrogen) atoms. The summed E-state index contributed by atoms with van der Waals surface area (Å²) in [6.45, 7) is 4.44. The van der Waals surface area contributed by atoms with E-state index in [1.54, 1.807) is 6.07 Å². The van der Waals surface area contributed by atoms with Gasteiger partial charge in [-0.15, -0.1) is 0 Å². The molecule has 0 saturated heterocycles. The number of amides is 1. The predicted octanol–water partition coefficient (Wildman–Crippen LogP) is 3.79. The first-order valence-electron chi connectivity index (χ1n) is 10.3. The maximum Gasteiger partial charge on any atom is 0.251 e. The van der Waals surface area contributed by atoms with Crippen LogP contribution in [0.4, 0.5) is 0 Å². The highest BCUT2D eigenvalue weighted by Crippen LogP contribution is 2.29. The predicted molar refractivity (Wildman–Crippen MR) is 117 cm³/mol. The van der Waals surface area contributed by atoms with Gasteiger partial charge < -0.3 is 10.1 Å². The van der Waals surface area contributed by atoms with Gasteiger partial charge in [-0.3, -0.25) is 4.79 Å². The van der Waals surface area contributed by atoms with Gasteiger partial charge in [0.25, 0.3) is 5.91 Å². The SMILES string of the molecule is COc1ccc(C(=O)NCc2ccc(C)cc2)cc1S(=O)(=O)NC1CCCCC1C. The molecule has 0 bridgehead atoms. The average molecular weight is 431 g/mol. The quantitative estimate of drug-likeness (QED) is 0.700. The van der Waals surface area contributed by atoms with E-state index >= 15 is 0 Å². The number of aryl methyl sites for hydroxylation is 1. The molecular formula is C23H30N2O4S. The highest BCUT2D eigenvalue weighted by Gasteiger charge is 2.29. The zero-order valence-electron chi connectivity index (χ0n) is 17.8. The molecule has 0 aliphatic heterocycles. The Morgan fingerprint density at radius 1 is 1.10 bits per heavy atom. The first-order valence-corrected chi connectivity index (χ1v) is 11.8. The van der Waals surface area contributed by atoms with Crippen LogP contribution in [0.5, 0.6) is 5.75 Å². The number of nitrogens with one attached hydrogen (secondary N) is 2. The number of methoxy groups -OCH3 is 1. The Kier molecular flexibility index (Phi) is 7.15. The molecule has 1 aliphatic carbocycles. The molecule has 3 rings (SSSR count). The second kappa shape index (κ2) is 9.62. The number of benzene rings is 2. The van der Waals surface area contributed by atoms with Crippen molar-refractivity contribution in [1.82, 2.24) is 10.0 Å². The van der Waals surface area contributed by atoms with E-state index in [-0.39, 0.29) is 34.1 Å². The van der Waals surface area contributed by atoms with E-state index in [1.807, 2.05) is 31.2 Å². The van der Waals surface area contributed by atoms with Crippen molar-refractivity contribution in [2.75, 3.05) is 7.11 Å². The fourth-order valence-electron chi connectivity index (χ4n) is 3.77. The summed E-state index contributed by atoms with van der Waals surface area (Å²) in [4.78, 5) is 12.6. The maximum atomic E-state index is 13.1. The van der Waals surface area contributed by atoms with Gasteiger partial charge in [-0.25, -0.2) is 13.1 Å². The van der Waals surface area contributed by atoms with E-state index in [0.717, 1.165) is 36.8 Å². The lowest BCUT2D eigenvalue weighted by atomic mass is 9.87. The fourth-order valence-corrected chi connectivity index (χ4v) is 5.35. The van der Waals surface area contributed by atoms with Crippen LogP contribution in [0.15, 0.2) is 47.4 Å². The Morgan fingerprint density at radius 3 is 2.47 bits per heavy atom. The Morgan fingerprint density at radius 2 is 1.80 bits per heavy atom. The van der Waals surface area contributed by atoms with Crippen LogP contribution in [-0.2, 0) is 16.6 Å². The monoisotopic (exact) mass is 430 g/mol. The number of ether oxygens (including phenoxy) is 1. The normalized spacial score (nSPS) is 19.3. The van der Waals surface area contributed by atoms with Gasteiger partial charge in [-0.2, -0.15) is 0 Å². The van der Waals surface area contributed by atoms with Gasteiger partial charge in [0.05, 0.1) is 7.11 Å². The number of carbonyl (C=O) groups excluding carboxylic acids is 1. The lowest BCUT2D eigenvalue weighted by Crippen LogP contribution is -2.41. The minimum absolute atomic E-state index is 0.00856. The zero-order chi connectivity index (χ0) is 21.7. The van der Waals surface area contributed by atoms with Crippen molar-refractivity contribution in [2.24, 2.45) is 5.92 Å². The van der Waals surface area contributed by atoms with Crippen molar-refractivity contribution in [3.05, 3.63) is 59.2 Å². The highest BCUT2D eigenvalue weighted by atomic mass is 32.2. The third-order valence-corrected chi connectivity index (χ3v) is 7.22. The van der Waals surface area contributed by atoms with Gasteiger partial charge >= 0.3 is 0 Å². The average Bonchev–Trinajstić information content (AvgIpc) is 2.74. The number of carbonyl (C=O) groups is 1. The van der Waals surface area contributed by atoms with Gasteiger partial charge in [0.2, 0.25) is 10.0 Å². The van der Waals surface area contributed by atoms with E-state index in [1.165, 1.54) is 19.2 Å². The third-order valence-electron chi connectivity index (χ3n) is 5.71. The van der Waals surface area contributed by atoms with Crippen LogP contribution in [0.3, 0.4) is 0 Å². The van der Waals surface area contributed by atoms with Gasteiger partial charge in [0.1, 0.15) is 10.6 Å². The molecule has 6 nitrogen and oxygen atoms in total. The summed E-state index contributed by atoms with van der Waals surface area (Å²) in [5, 5.41) is 2.84. The van der Waals surface area contributed by atoms with Gasteiger partial charge in [-0.05, 0) is 49.4 Å². The summed E-state index contributed by atoms with van der Waals surface area (Å²) in [5.74, 6) is 0.169. The summed E-state index contributed by atoms with van der Waals surface area (Å²) in [6.07, 6.45) is 3.96. The molecule has 1 amide bonds. The van der Waals surface area contributed by atoms with E-state index in [0.29, 0.717) is 6.54 Å². The second-order valence-corrected chi connectivity index (χ2v) is 9.71. The highest BCUT2D eigenvalue weighted by molar-refractivity contribution is 7.89. The Hall–Kier alpha value is -2.38. The van der Waals surface area contributed by atoms with Crippen LogP contribution in [0, 0.1) is 12.8 Å². The van der Waals surface area contributed by atoms with E-state index < -0.39 is 10.0 Å². The number of sulfonamides is 1. The van der Waals surface area contributed by atoms with Crippen molar-refractivity contribution < 1.29 is 17.9 Å². The lowest BCUT2D eigenvalue weighted by Gasteiger charge is -2.29. The summed E-state index contributed by atoms with van der Waals surface area (Å²) >= 11 is 0. The first-order chi connectivity index (χ1) is 14.3. The van der Waals surface area contributed by atoms with Crippen LogP contribution >= 0.6 is 0 Å². The van der Waals surface area contributed by atoms with Crippen molar-refractivity contribution in [3.8, 4) is 5.75 Å². The molecule has 2 unspecified atom stereocenters. The summed E-state index contributed by atoms with van der Waals surface area (Å²) in [6, 6.07) is 12.3. The standard InChI is InChI=1S/C23H30N2O4S/c1-16-8-10-18(11-9-16)15-24-23(26)19-12-13-21(29-3)22(14-19)30(27,28)25-20-7-5-4-6-17(20)2/h8-14,17,20,25H,4-7,15H2,1-3H3,(H,24,26). The molecule has 2 aromatic carbocycles. The maximum absolute atomic E-state index is 13.1. The zero-order valence-corrected chi connectivity index (χ0v) is 18.6. The second-order valence-electron chi connectivity index (χ2n) is 8.02. The Balaban J connectivity index is 1.78. The van der Waals surface area contributed by atoms with Crippen LogP contribution in [0.2, 0.25) is 0 Å². The molecule has 1 fully saturated rings. The molecule has 1 aliphatic rings.